The lowest BCUT2D eigenvalue weighted by Gasteiger charge is -2.55. The van der Waals surface area contributed by atoms with Crippen molar-refractivity contribution in [2.45, 2.75) is 29.6 Å². The number of piperidine rings is 1. The Morgan fingerprint density at radius 1 is 1.03 bits per heavy atom. The number of aldehydes is 1. The molecule has 1 unspecified atom stereocenters. The largest absolute Gasteiger partial charge is 0.497 e. The van der Waals surface area contributed by atoms with Crippen LogP contribution in [0.15, 0.2) is 65.6 Å². The zero-order valence-electron chi connectivity index (χ0n) is 19.1. The van der Waals surface area contributed by atoms with Crippen molar-refractivity contribution in [3.05, 3.63) is 71.8 Å². The van der Waals surface area contributed by atoms with E-state index in [1.54, 1.807) is 42.4 Å². The van der Waals surface area contributed by atoms with Gasteiger partial charge in [-0.3, -0.25) is 4.79 Å². The molecule has 2 aromatic rings. The zero-order chi connectivity index (χ0) is 24.0. The van der Waals surface area contributed by atoms with Crippen molar-refractivity contribution in [1.82, 2.24) is 9.21 Å². The van der Waals surface area contributed by atoms with Crippen molar-refractivity contribution in [3.8, 4) is 5.75 Å². The summed E-state index contributed by atoms with van der Waals surface area (Å²) in [5, 5.41) is 0. The number of rotatable bonds is 5. The van der Waals surface area contributed by atoms with E-state index in [0.717, 1.165) is 17.4 Å². The second-order valence-corrected chi connectivity index (χ2v) is 11.4. The van der Waals surface area contributed by atoms with Gasteiger partial charge in [-0.2, -0.15) is 4.31 Å². The molecule has 1 spiro atoms. The first kappa shape index (κ1) is 22.8. The highest BCUT2D eigenvalue weighted by Crippen LogP contribution is 2.44. The van der Waals surface area contributed by atoms with E-state index < -0.39 is 15.4 Å². The molecule has 1 atom stereocenters. The van der Waals surface area contributed by atoms with Crippen molar-refractivity contribution < 1.29 is 22.7 Å². The molecular formula is C26H28N2O5S. The number of fused-ring (bicyclic) bond motifs is 1. The molecule has 0 N–H and O–H groups in total. The van der Waals surface area contributed by atoms with E-state index in [-0.39, 0.29) is 16.2 Å². The third kappa shape index (κ3) is 3.56. The van der Waals surface area contributed by atoms with Crippen LogP contribution in [0, 0.1) is 5.41 Å². The van der Waals surface area contributed by atoms with Crippen LogP contribution in [0.5, 0.6) is 5.75 Å². The summed E-state index contributed by atoms with van der Waals surface area (Å²) in [7, 11) is -2.03. The van der Waals surface area contributed by atoms with Crippen LogP contribution >= 0.6 is 0 Å². The molecule has 34 heavy (non-hydrogen) atoms. The van der Waals surface area contributed by atoms with Crippen molar-refractivity contribution in [3.63, 3.8) is 0 Å². The fourth-order valence-electron chi connectivity index (χ4n) is 5.49. The second kappa shape index (κ2) is 8.36. The summed E-state index contributed by atoms with van der Waals surface area (Å²) in [6, 6.07) is 14.0. The van der Waals surface area contributed by atoms with Gasteiger partial charge in [-0.25, -0.2) is 8.42 Å². The van der Waals surface area contributed by atoms with Crippen LogP contribution in [0.3, 0.4) is 0 Å². The first-order valence-electron chi connectivity index (χ1n) is 11.5. The standard InChI is InChI=1S/C26H28N2O5S/c1-33-21-8-10-22(11-9-21)34(31,32)28-15-13-25(14-16-28)17-27(18-25)24(30)26(19-29)12-4-6-20-5-2-3-7-23(20)26/h2-5,7-12,19H,6,13-18H2,1H3. The molecule has 2 aromatic carbocycles. The van der Waals surface area contributed by atoms with E-state index >= 15 is 0 Å². The lowest BCUT2D eigenvalue weighted by atomic mass is 9.69. The number of allylic oxidation sites excluding steroid dienone is 1. The van der Waals surface area contributed by atoms with Gasteiger partial charge in [0.2, 0.25) is 15.9 Å². The monoisotopic (exact) mass is 480 g/mol. The molecule has 7 nitrogen and oxygen atoms in total. The fourth-order valence-corrected chi connectivity index (χ4v) is 6.93. The quantitative estimate of drug-likeness (QED) is 0.373. The Balaban J connectivity index is 1.26. The molecule has 2 fully saturated rings. The summed E-state index contributed by atoms with van der Waals surface area (Å²) in [5.41, 5.74) is 0.398. The topological polar surface area (TPSA) is 84.0 Å². The minimum absolute atomic E-state index is 0.0937. The molecule has 0 saturated carbocycles. The SMILES string of the molecule is COc1ccc(S(=O)(=O)N2CCC3(CC2)CN(C(=O)C2(C=O)C=CCc4ccccc42)C3)cc1. The summed E-state index contributed by atoms with van der Waals surface area (Å²) < 4.78 is 32.8. The number of hydrogen-bond acceptors (Lipinski definition) is 5. The van der Waals surface area contributed by atoms with Gasteiger partial charge in [0, 0.05) is 31.6 Å². The summed E-state index contributed by atoms with van der Waals surface area (Å²) in [6.45, 7) is 1.93. The van der Waals surface area contributed by atoms with Gasteiger partial charge in [-0.15, -0.1) is 0 Å². The van der Waals surface area contributed by atoms with Crippen LogP contribution in [0.25, 0.3) is 0 Å². The van der Waals surface area contributed by atoms with Gasteiger partial charge in [0.1, 0.15) is 17.5 Å². The first-order valence-corrected chi connectivity index (χ1v) is 12.9. The Hall–Kier alpha value is -2.97. The Labute approximate surface area is 200 Å². The predicted octanol–water partition coefficient (Wildman–Crippen LogP) is 2.56. The second-order valence-electron chi connectivity index (χ2n) is 9.49. The molecule has 3 aliphatic rings. The van der Waals surface area contributed by atoms with Gasteiger partial charge in [0.15, 0.2) is 0 Å². The third-order valence-electron chi connectivity index (χ3n) is 7.54. The number of ether oxygens (including phenoxy) is 1. The van der Waals surface area contributed by atoms with Gasteiger partial charge in [-0.05, 0) is 54.7 Å². The van der Waals surface area contributed by atoms with Crippen LogP contribution in [0.1, 0.15) is 24.0 Å². The molecule has 1 amide bonds. The normalized spacial score (nSPS) is 23.7. The Morgan fingerprint density at radius 2 is 1.71 bits per heavy atom. The highest BCUT2D eigenvalue weighted by atomic mass is 32.2. The molecule has 0 aromatic heterocycles. The maximum absolute atomic E-state index is 13.5. The highest BCUT2D eigenvalue weighted by molar-refractivity contribution is 7.89. The van der Waals surface area contributed by atoms with Crippen molar-refractivity contribution in [2.24, 2.45) is 5.41 Å². The number of nitrogens with zero attached hydrogens (tertiary/aromatic N) is 2. The van der Waals surface area contributed by atoms with Gasteiger partial charge in [-0.1, -0.05) is 36.4 Å². The van der Waals surface area contributed by atoms with Crippen LogP contribution in [0.2, 0.25) is 0 Å². The Kier molecular flexibility index (Phi) is 5.61. The number of benzene rings is 2. The van der Waals surface area contributed by atoms with Gasteiger partial charge in [0.05, 0.1) is 12.0 Å². The molecule has 2 saturated heterocycles. The molecule has 2 heterocycles. The average Bonchev–Trinajstić information content (AvgIpc) is 2.86. The Bertz CT molecular complexity index is 1240. The Morgan fingerprint density at radius 3 is 2.35 bits per heavy atom. The van der Waals surface area contributed by atoms with Crippen LogP contribution in [-0.4, -0.2) is 63.1 Å². The highest BCUT2D eigenvalue weighted by Gasteiger charge is 2.53. The van der Waals surface area contributed by atoms with Crippen LogP contribution in [-0.2, 0) is 31.4 Å². The van der Waals surface area contributed by atoms with E-state index in [4.69, 9.17) is 4.74 Å². The van der Waals surface area contributed by atoms with Gasteiger partial charge in [0.25, 0.3) is 0 Å². The number of methoxy groups -OCH3 is 1. The van der Waals surface area contributed by atoms with E-state index in [9.17, 15) is 18.0 Å². The number of likely N-dealkylation sites (tertiary alicyclic amines) is 1. The van der Waals surface area contributed by atoms with E-state index in [2.05, 4.69) is 0 Å². The molecule has 178 valence electrons. The number of carbonyl (C=O) groups is 2. The van der Waals surface area contributed by atoms with Crippen LogP contribution in [0.4, 0.5) is 0 Å². The van der Waals surface area contributed by atoms with Gasteiger partial charge < -0.3 is 14.4 Å². The summed E-state index contributed by atoms with van der Waals surface area (Å²) in [4.78, 5) is 27.8. The number of amides is 1. The number of hydrogen-bond donors (Lipinski definition) is 0. The maximum Gasteiger partial charge on any atom is 0.244 e. The molecular weight excluding hydrogens is 452 g/mol. The maximum atomic E-state index is 13.5. The first-order chi connectivity index (χ1) is 16.3. The van der Waals surface area contributed by atoms with E-state index in [0.29, 0.717) is 51.2 Å². The molecule has 0 radical (unpaired) electrons. The van der Waals surface area contributed by atoms with Crippen LogP contribution < -0.4 is 4.74 Å². The summed E-state index contributed by atoms with van der Waals surface area (Å²) in [6.07, 6.45) is 6.48. The smallest absolute Gasteiger partial charge is 0.244 e. The summed E-state index contributed by atoms with van der Waals surface area (Å²) >= 11 is 0. The number of sulfonamides is 1. The molecule has 2 aliphatic heterocycles. The molecule has 0 bridgehead atoms. The molecule has 8 heteroatoms. The molecule has 1 aliphatic carbocycles. The molecule has 5 rings (SSSR count). The lowest BCUT2D eigenvalue weighted by Crippen LogP contribution is -2.65. The van der Waals surface area contributed by atoms with Gasteiger partial charge >= 0.3 is 0 Å². The van der Waals surface area contributed by atoms with Crippen molar-refractivity contribution in [1.29, 1.82) is 0 Å². The van der Waals surface area contributed by atoms with E-state index in [1.165, 1.54) is 4.31 Å². The van der Waals surface area contributed by atoms with Crippen molar-refractivity contribution in [2.75, 3.05) is 33.3 Å². The third-order valence-corrected chi connectivity index (χ3v) is 9.45. The van der Waals surface area contributed by atoms with Crippen molar-refractivity contribution >= 4 is 22.2 Å². The average molecular weight is 481 g/mol. The summed E-state index contributed by atoms with van der Waals surface area (Å²) in [5.74, 6) is 0.420. The zero-order valence-corrected chi connectivity index (χ0v) is 20.0. The predicted molar refractivity (Wildman–Crippen MR) is 127 cm³/mol. The minimum atomic E-state index is -3.57. The van der Waals surface area contributed by atoms with E-state index in [1.807, 2.05) is 30.3 Å². The minimum Gasteiger partial charge on any atom is -0.497 e. The fraction of sp³-hybridized carbons (Fsp3) is 0.385. The number of carbonyl (C=O) groups excluding carboxylic acids is 2. The lowest BCUT2D eigenvalue weighted by molar-refractivity contribution is -0.151.